The molecule has 4 rings (SSSR count). The Hall–Kier alpha value is -4.29. The van der Waals surface area contributed by atoms with E-state index in [-0.39, 0.29) is 58.6 Å². The van der Waals surface area contributed by atoms with Crippen molar-refractivity contribution >= 4 is 23.0 Å². The fraction of sp³-hybridized carbons (Fsp3) is 0.182. The molecule has 4 aromatic rings. The summed E-state index contributed by atoms with van der Waals surface area (Å²) in [5.74, 6) is -1.12. The number of phenols is 1. The van der Waals surface area contributed by atoms with E-state index in [1.165, 1.54) is 24.4 Å². The maximum Gasteiger partial charge on any atom is 0.255 e. The lowest BCUT2D eigenvalue weighted by Crippen LogP contribution is -2.01. The van der Waals surface area contributed by atoms with Crippen LogP contribution in [0.3, 0.4) is 0 Å². The summed E-state index contributed by atoms with van der Waals surface area (Å²) in [5.41, 5.74) is -0.384. The van der Waals surface area contributed by atoms with Crippen molar-refractivity contribution in [1.29, 1.82) is 0 Å². The first-order valence-electron chi connectivity index (χ1n) is 10.2. The number of benzene rings is 1. The van der Waals surface area contributed by atoms with Gasteiger partial charge in [0, 0.05) is 24.1 Å². The molecular formula is C22H17ClN6O6. The second-order valence-corrected chi connectivity index (χ2v) is 7.55. The van der Waals surface area contributed by atoms with Crippen molar-refractivity contribution in [3.05, 3.63) is 68.6 Å². The Morgan fingerprint density at radius 2 is 1.89 bits per heavy atom. The molecule has 3 aromatic heterocycles. The number of phenolic OH excluding ortho intramolecular Hbond substituents is 1. The van der Waals surface area contributed by atoms with Gasteiger partial charge in [0.25, 0.3) is 5.89 Å². The smallest absolute Gasteiger partial charge is 0.255 e. The van der Waals surface area contributed by atoms with Gasteiger partial charge in [0.1, 0.15) is 22.7 Å². The van der Waals surface area contributed by atoms with Gasteiger partial charge in [0.2, 0.25) is 11.8 Å². The average molecular weight is 497 g/mol. The molecule has 0 unspecified atom stereocenters. The van der Waals surface area contributed by atoms with Crippen LogP contribution in [0.5, 0.6) is 11.6 Å². The van der Waals surface area contributed by atoms with Gasteiger partial charge in [-0.15, -0.1) is 20.0 Å². The summed E-state index contributed by atoms with van der Waals surface area (Å²) in [4.78, 5) is 31.8. The van der Waals surface area contributed by atoms with Crippen LogP contribution in [0.15, 0.2) is 51.3 Å². The Morgan fingerprint density at radius 1 is 1.06 bits per heavy atom. The molecule has 0 spiro atoms. The van der Waals surface area contributed by atoms with Gasteiger partial charge in [-0.05, 0) is 41.5 Å². The first kappa shape index (κ1) is 23.9. The minimum atomic E-state index is -0.631. The molecule has 13 heteroatoms. The molecular weight excluding hydrogens is 480 g/mol. The van der Waals surface area contributed by atoms with E-state index in [2.05, 4.69) is 30.5 Å². The maximum absolute atomic E-state index is 12.1. The highest BCUT2D eigenvalue weighted by atomic mass is 35.5. The number of aromatic hydroxyl groups is 2. The lowest BCUT2D eigenvalue weighted by Gasteiger charge is -2.15. The van der Waals surface area contributed by atoms with Crippen molar-refractivity contribution in [3.8, 4) is 34.2 Å². The fourth-order valence-electron chi connectivity index (χ4n) is 3.41. The third-order valence-corrected chi connectivity index (χ3v) is 5.15. The monoisotopic (exact) mass is 496 g/mol. The summed E-state index contributed by atoms with van der Waals surface area (Å²) >= 11 is 5.85. The number of nitroso groups, excluding NO2 is 2. The van der Waals surface area contributed by atoms with Gasteiger partial charge in [0.15, 0.2) is 0 Å². The first-order valence-corrected chi connectivity index (χ1v) is 10.6. The topological polar surface area (TPSA) is 173 Å². The van der Waals surface area contributed by atoms with Gasteiger partial charge < -0.3 is 19.4 Å². The Kier molecular flexibility index (Phi) is 7.03. The molecule has 3 heterocycles. The molecule has 0 aliphatic rings. The molecule has 0 amide bonds. The van der Waals surface area contributed by atoms with Crippen LogP contribution >= 0.6 is 11.6 Å². The highest BCUT2D eigenvalue weighted by molar-refractivity contribution is 6.30. The summed E-state index contributed by atoms with van der Waals surface area (Å²) in [5, 5.41) is 35.5. The van der Waals surface area contributed by atoms with Crippen LogP contribution in [0.2, 0.25) is 5.02 Å². The van der Waals surface area contributed by atoms with Crippen LogP contribution in [-0.4, -0.2) is 37.0 Å². The summed E-state index contributed by atoms with van der Waals surface area (Å²) < 4.78 is 11.1. The van der Waals surface area contributed by atoms with Crippen LogP contribution in [0.1, 0.15) is 24.2 Å². The molecule has 2 N–H and O–H groups in total. The first-order chi connectivity index (χ1) is 17.0. The summed E-state index contributed by atoms with van der Waals surface area (Å²) in [6.07, 6.45) is 1.61. The van der Waals surface area contributed by atoms with Gasteiger partial charge in [0.05, 0.1) is 29.3 Å². The largest absolute Gasteiger partial charge is 0.507 e. The molecule has 0 radical (unpaired) electrons. The average Bonchev–Trinajstić information content (AvgIpc) is 3.31. The molecule has 178 valence electrons. The van der Waals surface area contributed by atoms with Crippen molar-refractivity contribution in [3.63, 3.8) is 0 Å². The van der Waals surface area contributed by atoms with E-state index in [4.69, 9.17) is 20.8 Å². The normalized spacial score (nSPS) is 10.9. The zero-order valence-corrected chi connectivity index (χ0v) is 18.9. The van der Waals surface area contributed by atoms with Gasteiger partial charge in [-0.3, -0.25) is 4.98 Å². The Bertz CT molecular complexity index is 1390. The number of pyridine rings is 2. The predicted molar refractivity (Wildman–Crippen MR) is 125 cm³/mol. The van der Waals surface area contributed by atoms with E-state index >= 15 is 0 Å². The second-order valence-electron chi connectivity index (χ2n) is 7.12. The molecule has 0 saturated heterocycles. The number of nitrogens with zero attached hydrogens (tertiary/aromatic N) is 6. The third-order valence-electron chi connectivity index (χ3n) is 4.93. The Balaban J connectivity index is 1.89. The Labute approximate surface area is 202 Å². The van der Waals surface area contributed by atoms with E-state index in [1.54, 1.807) is 19.1 Å². The molecule has 0 aliphatic heterocycles. The van der Waals surface area contributed by atoms with Crippen molar-refractivity contribution in [1.82, 2.24) is 20.2 Å². The minimum absolute atomic E-state index is 0.0409. The summed E-state index contributed by atoms with van der Waals surface area (Å²) in [6, 6.07) is 7.39. The third kappa shape index (κ3) is 4.83. The minimum Gasteiger partial charge on any atom is -0.507 e. The lowest BCUT2D eigenvalue weighted by atomic mass is 9.96. The zero-order valence-electron chi connectivity index (χ0n) is 18.2. The number of hydrogen-bond donors (Lipinski definition) is 2. The predicted octanol–water partition coefficient (Wildman–Crippen LogP) is 5.18. The number of aromatic nitrogens is 4. The molecule has 35 heavy (non-hydrogen) atoms. The van der Waals surface area contributed by atoms with Gasteiger partial charge in [-0.1, -0.05) is 17.7 Å². The van der Waals surface area contributed by atoms with Crippen LogP contribution in [-0.2, 0) is 17.8 Å². The molecule has 1 aromatic carbocycles. The quantitative estimate of drug-likeness (QED) is 0.294. The van der Waals surface area contributed by atoms with Crippen molar-refractivity contribution < 1.29 is 19.4 Å². The standard InChI is InChI=1S/C22H17ClN6O6/c1-2-34-10-14-18(17-13(28-32)4-3-5-15(17)30)20(29-33)19(21(31)25-14)22-27-26-16(35-22)8-12-7-6-11(23)9-24-12/h3-7,9,30H,2,8,10H2,1H3,(H,25,31). The van der Waals surface area contributed by atoms with Crippen LogP contribution in [0.25, 0.3) is 22.6 Å². The SMILES string of the molecule is CCOCc1nc(O)c(-c2nnc(Cc3ccc(Cl)cn3)o2)c(N=O)c1-c1c(O)cccc1N=O. The number of hydrogen-bond acceptors (Lipinski definition) is 12. The van der Waals surface area contributed by atoms with E-state index in [1.807, 2.05) is 0 Å². The van der Waals surface area contributed by atoms with Crippen molar-refractivity contribution in [2.24, 2.45) is 10.4 Å². The maximum atomic E-state index is 12.1. The molecule has 0 aliphatic carbocycles. The van der Waals surface area contributed by atoms with Crippen LogP contribution < -0.4 is 0 Å². The van der Waals surface area contributed by atoms with E-state index < -0.39 is 11.6 Å². The summed E-state index contributed by atoms with van der Waals surface area (Å²) in [7, 11) is 0. The van der Waals surface area contributed by atoms with Crippen LogP contribution in [0.4, 0.5) is 11.4 Å². The van der Waals surface area contributed by atoms with E-state index in [0.717, 1.165) is 0 Å². The van der Waals surface area contributed by atoms with E-state index in [0.29, 0.717) is 17.3 Å². The molecule has 0 fully saturated rings. The van der Waals surface area contributed by atoms with Gasteiger partial charge in [-0.2, -0.15) is 0 Å². The molecule has 0 bridgehead atoms. The number of halogens is 1. The van der Waals surface area contributed by atoms with Crippen molar-refractivity contribution in [2.75, 3.05) is 6.61 Å². The highest BCUT2D eigenvalue weighted by Crippen LogP contribution is 2.49. The zero-order chi connectivity index (χ0) is 24.9. The molecule has 0 atom stereocenters. The highest BCUT2D eigenvalue weighted by Gasteiger charge is 2.29. The van der Waals surface area contributed by atoms with Gasteiger partial charge in [-0.25, -0.2) is 4.98 Å². The van der Waals surface area contributed by atoms with E-state index in [9.17, 15) is 20.0 Å². The van der Waals surface area contributed by atoms with Gasteiger partial charge >= 0.3 is 0 Å². The van der Waals surface area contributed by atoms with Crippen LogP contribution in [0, 0.1) is 9.81 Å². The number of rotatable bonds is 9. The number of ether oxygens (including phenoxy) is 1. The summed E-state index contributed by atoms with van der Waals surface area (Å²) in [6.45, 7) is 1.87. The molecule has 12 nitrogen and oxygen atoms in total. The molecule has 0 saturated carbocycles. The fourth-order valence-corrected chi connectivity index (χ4v) is 3.53. The Morgan fingerprint density at radius 3 is 2.57 bits per heavy atom. The van der Waals surface area contributed by atoms with Crippen molar-refractivity contribution in [2.45, 2.75) is 20.0 Å². The second kappa shape index (κ2) is 10.3. The lowest BCUT2D eigenvalue weighted by molar-refractivity contribution is 0.131.